The summed E-state index contributed by atoms with van der Waals surface area (Å²) in [4.78, 5) is 0. The number of hydrogen-bond acceptors (Lipinski definition) is 4. The summed E-state index contributed by atoms with van der Waals surface area (Å²) in [5.41, 5.74) is 8.38. The lowest BCUT2D eigenvalue weighted by Crippen LogP contribution is -2.09. The van der Waals surface area contributed by atoms with Gasteiger partial charge in [0, 0.05) is 5.69 Å². The van der Waals surface area contributed by atoms with E-state index in [4.69, 9.17) is 10.3 Å². The van der Waals surface area contributed by atoms with Crippen molar-refractivity contribution >= 4 is 16.1 Å². The van der Waals surface area contributed by atoms with E-state index < -0.39 is 10.4 Å². The van der Waals surface area contributed by atoms with Crippen molar-refractivity contribution < 1.29 is 17.2 Å². The molecule has 6 heteroatoms. The molecule has 0 saturated carbocycles. The smallest absolute Gasteiger partial charge is 0.398 e. The molecule has 0 radical (unpaired) electrons. The molecular formula is C9H13NO4S. The highest BCUT2D eigenvalue weighted by molar-refractivity contribution is 7.81. The van der Waals surface area contributed by atoms with Gasteiger partial charge in [-0.05, 0) is 43.5 Å². The summed E-state index contributed by atoms with van der Waals surface area (Å²) in [5.74, 6) is 0.0988. The Hall–Kier alpha value is -1.27. The Labute approximate surface area is 88.8 Å². The van der Waals surface area contributed by atoms with Gasteiger partial charge in [-0.25, -0.2) is 0 Å². The molecule has 0 aromatic heterocycles. The number of nitrogen functional groups attached to an aromatic ring is 1. The number of hydrogen-bond donors (Lipinski definition) is 2. The van der Waals surface area contributed by atoms with Gasteiger partial charge in [0.2, 0.25) is 0 Å². The molecule has 5 nitrogen and oxygen atoms in total. The highest BCUT2D eigenvalue weighted by Crippen LogP contribution is 2.29. The first-order valence-corrected chi connectivity index (χ1v) is 5.62. The van der Waals surface area contributed by atoms with Gasteiger partial charge in [0.15, 0.2) is 0 Å². The second-order valence-corrected chi connectivity index (χ2v) is 4.39. The molecule has 0 aliphatic carbocycles. The molecule has 0 aliphatic rings. The normalized spacial score (nSPS) is 11.5. The molecule has 0 fully saturated rings. The van der Waals surface area contributed by atoms with Gasteiger partial charge in [-0.3, -0.25) is 4.55 Å². The minimum atomic E-state index is -4.49. The second-order valence-electron chi connectivity index (χ2n) is 3.37. The van der Waals surface area contributed by atoms with E-state index in [1.165, 1.54) is 6.07 Å². The topological polar surface area (TPSA) is 89.6 Å². The fraction of sp³-hybridized carbons (Fsp3) is 0.333. The van der Waals surface area contributed by atoms with E-state index in [-0.39, 0.29) is 5.75 Å². The third-order valence-corrected chi connectivity index (χ3v) is 2.69. The van der Waals surface area contributed by atoms with E-state index in [1.54, 1.807) is 20.8 Å². The lowest BCUT2D eigenvalue weighted by atomic mass is 10.0. The van der Waals surface area contributed by atoms with E-state index in [9.17, 15) is 8.42 Å². The Kier molecular flexibility index (Phi) is 2.92. The molecule has 1 aromatic carbocycles. The molecule has 0 heterocycles. The maximum atomic E-state index is 10.6. The van der Waals surface area contributed by atoms with Gasteiger partial charge in [-0.1, -0.05) is 0 Å². The van der Waals surface area contributed by atoms with Gasteiger partial charge in [0.1, 0.15) is 5.75 Å². The molecule has 0 bridgehead atoms. The van der Waals surface area contributed by atoms with Crippen LogP contribution in [0.15, 0.2) is 6.07 Å². The monoisotopic (exact) mass is 231 g/mol. The summed E-state index contributed by atoms with van der Waals surface area (Å²) in [7, 11) is -4.49. The van der Waals surface area contributed by atoms with Crippen LogP contribution in [-0.4, -0.2) is 13.0 Å². The van der Waals surface area contributed by atoms with Crippen molar-refractivity contribution in [1.29, 1.82) is 0 Å². The Morgan fingerprint density at radius 1 is 1.27 bits per heavy atom. The lowest BCUT2D eigenvalue weighted by molar-refractivity contribution is 0.385. The Balaban J connectivity index is 3.33. The summed E-state index contributed by atoms with van der Waals surface area (Å²) in [6.45, 7) is 5.17. The molecule has 0 unspecified atom stereocenters. The third-order valence-electron chi connectivity index (χ3n) is 2.30. The maximum Gasteiger partial charge on any atom is 0.446 e. The predicted molar refractivity (Wildman–Crippen MR) is 57.2 cm³/mol. The van der Waals surface area contributed by atoms with Crippen LogP contribution in [0.4, 0.5) is 5.69 Å². The van der Waals surface area contributed by atoms with Gasteiger partial charge in [0.05, 0.1) is 0 Å². The molecule has 0 atom stereocenters. The lowest BCUT2D eigenvalue weighted by Gasteiger charge is -2.12. The summed E-state index contributed by atoms with van der Waals surface area (Å²) >= 11 is 0. The highest BCUT2D eigenvalue weighted by Gasteiger charge is 2.13. The first-order chi connectivity index (χ1) is 6.72. The number of anilines is 1. The van der Waals surface area contributed by atoms with Gasteiger partial charge < -0.3 is 9.92 Å². The predicted octanol–water partition coefficient (Wildman–Crippen LogP) is 1.38. The van der Waals surface area contributed by atoms with Crippen LogP contribution in [0.5, 0.6) is 5.75 Å². The van der Waals surface area contributed by atoms with Gasteiger partial charge in [-0.2, -0.15) is 8.42 Å². The molecule has 0 aliphatic heterocycles. The molecule has 84 valence electrons. The zero-order chi connectivity index (χ0) is 11.8. The third kappa shape index (κ3) is 2.60. The minimum absolute atomic E-state index is 0.0988. The van der Waals surface area contributed by atoms with Crippen molar-refractivity contribution in [3.05, 3.63) is 22.8 Å². The van der Waals surface area contributed by atoms with E-state index in [2.05, 4.69) is 4.18 Å². The van der Waals surface area contributed by atoms with Crippen LogP contribution in [-0.2, 0) is 10.4 Å². The van der Waals surface area contributed by atoms with E-state index in [0.29, 0.717) is 16.8 Å². The molecule has 3 N–H and O–H groups in total. The molecule has 15 heavy (non-hydrogen) atoms. The largest absolute Gasteiger partial charge is 0.446 e. The van der Waals surface area contributed by atoms with E-state index in [1.807, 2.05) is 0 Å². The van der Waals surface area contributed by atoms with Crippen LogP contribution in [0, 0.1) is 20.8 Å². The van der Waals surface area contributed by atoms with Gasteiger partial charge in [-0.15, -0.1) is 0 Å². The number of benzene rings is 1. The molecular weight excluding hydrogens is 218 g/mol. The van der Waals surface area contributed by atoms with Gasteiger partial charge in [0.25, 0.3) is 0 Å². The molecule has 0 saturated heterocycles. The first-order valence-electron chi connectivity index (χ1n) is 4.25. The zero-order valence-electron chi connectivity index (χ0n) is 8.73. The van der Waals surface area contributed by atoms with Crippen LogP contribution in [0.1, 0.15) is 16.7 Å². The van der Waals surface area contributed by atoms with Crippen molar-refractivity contribution in [1.82, 2.24) is 0 Å². The summed E-state index contributed by atoms with van der Waals surface area (Å²) in [6, 6.07) is 1.48. The number of aryl methyl sites for hydroxylation is 1. The average molecular weight is 231 g/mol. The van der Waals surface area contributed by atoms with Crippen molar-refractivity contribution in [3.63, 3.8) is 0 Å². The van der Waals surface area contributed by atoms with Crippen LogP contribution in [0.3, 0.4) is 0 Å². The minimum Gasteiger partial charge on any atom is -0.398 e. The highest BCUT2D eigenvalue weighted by atomic mass is 32.3. The zero-order valence-corrected chi connectivity index (χ0v) is 9.55. The van der Waals surface area contributed by atoms with Crippen LogP contribution >= 0.6 is 0 Å². The van der Waals surface area contributed by atoms with E-state index in [0.717, 1.165) is 5.56 Å². The van der Waals surface area contributed by atoms with Crippen LogP contribution < -0.4 is 9.92 Å². The molecule has 0 amide bonds. The van der Waals surface area contributed by atoms with Crippen molar-refractivity contribution in [2.45, 2.75) is 20.8 Å². The molecule has 1 aromatic rings. The SMILES string of the molecule is Cc1cc(OS(=O)(=O)O)c(C)c(C)c1N. The molecule has 0 spiro atoms. The Morgan fingerprint density at radius 3 is 2.27 bits per heavy atom. The van der Waals surface area contributed by atoms with Crippen LogP contribution in [0.25, 0.3) is 0 Å². The maximum absolute atomic E-state index is 10.6. The number of nitrogens with two attached hydrogens (primary N) is 1. The van der Waals surface area contributed by atoms with Crippen molar-refractivity contribution in [3.8, 4) is 5.75 Å². The second kappa shape index (κ2) is 3.71. The fourth-order valence-corrected chi connectivity index (χ4v) is 1.67. The molecule has 1 rings (SSSR count). The standard InChI is InChI=1S/C9H13NO4S/c1-5-4-8(14-15(11,12)13)6(2)7(3)9(5)10/h4H,10H2,1-3H3,(H,11,12,13). The Bertz CT molecular complexity index is 493. The van der Waals surface area contributed by atoms with Crippen LogP contribution in [0.2, 0.25) is 0 Å². The number of rotatable bonds is 2. The summed E-state index contributed by atoms with van der Waals surface area (Å²) in [6.07, 6.45) is 0. The quantitative estimate of drug-likeness (QED) is 0.592. The van der Waals surface area contributed by atoms with Crippen molar-refractivity contribution in [2.24, 2.45) is 0 Å². The van der Waals surface area contributed by atoms with Crippen molar-refractivity contribution in [2.75, 3.05) is 5.73 Å². The first kappa shape index (κ1) is 11.8. The fourth-order valence-electron chi connectivity index (χ4n) is 1.27. The summed E-state index contributed by atoms with van der Waals surface area (Å²) in [5, 5.41) is 0. The average Bonchev–Trinajstić information content (AvgIpc) is 2.08. The Morgan fingerprint density at radius 2 is 1.80 bits per heavy atom. The van der Waals surface area contributed by atoms with E-state index >= 15 is 0 Å². The van der Waals surface area contributed by atoms with Gasteiger partial charge >= 0.3 is 10.4 Å². The summed E-state index contributed by atoms with van der Waals surface area (Å²) < 4.78 is 34.1.